The van der Waals surface area contributed by atoms with Gasteiger partial charge in [0, 0.05) is 49.9 Å². The monoisotopic (exact) mass is 1560 g/mol. The van der Waals surface area contributed by atoms with Crippen molar-refractivity contribution in [3.8, 4) is 0 Å². The normalized spacial score (nSPS) is 23.7. The van der Waals surface area contributed by atoms with Crippen LogP contribution in [-0.4, -0.2) is 114 Å². The third-order valence-corrected chi connectivity index (χ3v) is 19.3. The molecule has 9 rings (SSSR count). The van der Waals surface area contributed by atoms with E-state index in [0.29, 0.717) is 5.56 Å². The number of hydrogen-bond acceptors (Lipinski definition) is 19. The lowest BCUT2D eigenvalue weighted by Crippen LogP contribution is -2.40. The van der Waals surface area contributed by atoms with Gasteiger partial charge in [-0.25, -0.2) is 38.4 Å². The van der Waals surface area contributed by atoms with Crippen LogP contribution < -0.4 is 0 Å². The van der Waals surface area contributed by atoms with E-state index < -0.39 is 151 Å². The van der Waals surface area contributed by atoms with E-state index >= 15 is 4.79 Å². The fourth-order valence-corrected chi connectivity index (χ4v) is 12.8. The van der Waals surface area contributed by atoms with Crippen molar-refractivity contribution in [3.05, 3.63) is 372 Å². The number of cyclic esters (lactones) is 1. The van der Waals surface area contributed by atoms with Crippen LogP contribution in [0.2, 0.25) is 0 Å². The molecule has 598 valence electrons. The third kappa shape index (κ3) is 29.1. The van der Waals surface area contributed by atoms with Crippen molar-refractivity contribution >= 4 is 59.5 Å². The quantitative estimate of drug-likeness (QED) is 0.0643. The van der Waals surface area contributed by atoms with Crippen LogP contribution >= 0.6 is 0 Å². The van der Waals surface area contributed by atoms with E-state index in [-0.39, 0.29) is 77.5 Å². The second kappa shape index (κ2) is 46.7. The molecule has 1 heterocycles. The molecule has 1 unspecified atom stereocenters. The Bertz CT molecular complexity index is 4700. The molecule has 19 heteroatoms. The average Bonchev–Trinajstić information content (AvgIpc) is 0.822. The molecule has 0 aliphatic carbocycles. The second-order valence-corrected chi connectivity index (χ2v) is 28.0. The van der Waals surface area contributed by atoms with Gasteiger partial charge in [-0.2, -0.15) is 0 Å². The molecule has 8 aromatic rings. The van der Waals surface area contributed by atoms with Crippen LogP contribution in [0.1, 0.15) is 168 Å². The molecule has 0 N–H and O–H groups in total. The topological polar surface area (TPSA) is 254 Å². The minimum atomic E-state index is -1.41. The van der Waals surface area contributed by atoms with Gasteiger partial charge in [0.1, 0.15) is 60.7 Å². The zero-order valence-electron chi connectivity index (χ0n) is 65.2. The zero-order chi connectivity index (χ0) is 82.2. The Labute approximate surface area is 677 Å². The number of carbonyl (C=O) groups is 10. The molecule has 8 aromatic carbocycles. The van der Waals surface area contributed by atoms with Gasteiger partial charge in [0.05, 0.1) is 50.9 Å². The Hall–Kier alpha value is -13.2. The fourth-order valence-electron chi connectivity index (χ4n) is 12.8. The average molecular weight is 1570 g/mol. The van der Waals surface area contributed by atoms with Crippen molar-refractivity contribution in [2.24, 2.45) is 17.8 Å². The number of allylic oxidation sites excluding steroid dienone is 12. The summed E-state index contributed by atoms with van der Waals surface area (Å²) < 4.78 is 56.5. The molecular weight excluding hydrogens is 1470 g/mol. The van der Waals surface area contributed by atoms with Gasteiger partial charge in [-0.15, -0.1) is 0 Å². The van der Waals surface area contributed by atoms with E-state index in [9.17, 15) is 43.2 Å². The Morgan fingerprint density at radius 2 is 0.569 bits per heavy atom. The fraction of sp³-hybridized carbons (Fsp3) is 0.258. The molecule has 19 nitrogen and oxygen atoms in total. The lowest BCUT2D eigenvalue weighted by Gasteiger charge is -2.32. The van der Waals surface area contributed by atoms with Gasteiger partial charge in [0.15, 0.2) is 0 Å². The molecule has 116 heavy (non-hydrogen) atoms. The summed E-state index contributed by atoms with van der Waals surface area (Å²) >= 11 is 0. The molecule has 1 aliphatic heterocycles. The van der Waals surface area contributed by atoms with Crippen LogP contribution in [0.3, 0.4) is 0 Å². The maximum absolute atomic E-state index is 15.4. The first-order valence-electron chi connectivity index (χ1n) is 38.8. The zero-order valence-corrected chi connectivity index (χ0v) is 65.2. The number of rotatable bonds is 16. The molecule has 0 amide bonds. The van der Waals surface area contributed by atoms with Crippen LogP contribution in [0.15, 0.2) is 328 Å². The van der Waals surface area contributed by atoms with Crippen LogP contribution in [-0.2, 0) is 52.2 Å². The van der Waals surface area contributed by atoms with Crippen molar-refractivity contribution in [1.29, 1.82) is 0 Å². The second-order valence-electron chi connectivity index (χ2n) is 28.0. The van der Waals surface area contributed by atoms with E-state index in [1.54, 1.807) is 276 Å². The van der Waals surface area contributed by atoms with Crippen LogP contribution in [0.5, 0.6) is 0 Å². The molecule has 0 spiro atoms. The summed E-state index contributed by atoms with van der Waals surface area (Å²) in [5, 5.41) is 0. The molecule has 12 atom stereocenters. The maximum Gasteiger partial charge on any atom is 0.338 e. The van der Waals surface area contributed by atoms with Gasteiger partial charge in [0.2, 0.25) is 0 Å². The highest BCUT2D eigenvalue weighted by molar-refractivity contribution is 5.94. The van der Waals surface area contributed by atoms with Crippen LogP contribution in [0, 0.1) is 17.8 Å². The number of ether oxygens (including phenoxy) is 9. The van der Waals surface area contributed by atoms with Gasteiger partial charge >= 0.3 is 53.7 Å². The molecule has 1 aliphatic rings. The molecule has 0 saturated carbocycles. The van der Waals surface area contributed by atoms with E-state index in [0.717, 1.165) is 0 Å². The maximum atomic E-state index is 15.4. The van der Waals surface area contributed by atoms with E-state index in [2.05, 4.69) is 0 Å². The minimum Gasteiger partial charge on any atom is -0.462 e. The van der Waals surface area contributed by atoms with Gasteiger partial charge in [-0.05, 0) is 129 Å². The molecular formula is C97H96O19. The summed E-state index contributed by atoms with van der Waals surface area (Å²) in [4.78, 5) is 144. The lowest BCUT2D eigenvalue weighted by atomic mass is 9.89. The van der Waals surface area contributed by atoms with Gasteiger partial charge in [-0.1, -0.05) is 245 Å². The summed E-state index contributed by atoms with van der Waals surface area (Å²) in [6.45, 7) is 7.00. The van der Waals surface area contributed by atoms with E-state index in [1.807, 2.05) is 55.5 Å². The first kappa shape index (κ1) is 86.8. The largest absolute Gasteiger partial charge is 0.462 e. The van der Waals surface area contributed by atoms with Crippen LogP contribution in [0.4, 0.5) is 0 Å². The van der Waals surface area contributed by atoms with Crippen LogP contribution in [0.25, 0.3) is 0 Å². The number of ketones is 1. The van der Waals surface area contributed by atoms with Crippen molar-refractivity contribution in [2.75, 3.05) is 0 Å². The van der Waals surface area contributed by atoms with Crippen molar-refractivity contribution < 1.29 is 90.6 Å². The molecule has 0 radical (unpaired) electrons. The minimum absolute atomic E-state index is 0.0197. The standard InChI is InChI=1S/C97H96O19/c1-68-42-23-13-11-9-7-5-6-8-10-12-14-40-59-83(111-92(102)74-47-28-17-29-48-74)66-87(115-96(106)78-55-36-21-37-56-78)70(3)86(114-95(105)77-53-34-20-35-54-77)63-80(98)62-84(112-93(103)75-49-30-18-31-50-75)64-81(109-90(100)72-43-24-15-25-44-72)60-41-61-82(110-91(101)73-45-26-16-27-46-73)65-85(113-94(104)76-51-32-19-33-52-76)67-88(99)108-71(4)69(2)89(68)116-97(107)79-57-38-22-39-58-79/h5-40,42-59,68-71,81-87,89H,41,60-67H2,1-4H3/b6-5+,9-7+,10-8+,13-11+,14-12+,42-23+,59-40+/t68-,69-,70+,71-,81-,82+,83+,84+,85+,86+,87-,89?/m0/s1. The number of benzene rings is 8. The first-order valence-corrected chi connectivity index (χ1v) is 38.8. The van der Waals surface area contributed by atoms with Gasteiger partial charge < -0.3 is 42.6 Å². The van der Waals surface area contributed by atoms with Gasteiger partial charge in [-0.3, -0.25) is 9.59 Å². The highest BCUT2D eigenvalue weighted by Crippen LogP contribution is 2.31. The number of Topliss-reactive ketones (excluding diaryl/α,β-unsaturated/α-hetero) is 1. The highest BCUT2D eigenvalue weighted by Gasteiger charge is 2.39. The SMILES string of the molecule is C[C@H]1[C@@H](OC(=O)c2ccccc2)C[C@H](OC(=O)c2ccccc2)/C=C/C=C/C=C/C=C/C=C/C=C/C=C/[C@H](C)C(OC(=O)c2ccccc2)[C@@H](C)[C@H](C)OC(=O)C[C@H](OC(=O)c2ccccc2)C[C@H](OC(=O)c2ccccc2)CCC[C@H](OC(=O)c2ccccc2)C[C@H](OC(=O)c2ccccc2)CC(=O)C[C@H]1OC(=O)c1ccccc1. The van der Waals surface area contributed by atoms with E-state index in [1.165, 1.54) is 24.3 Å². The van der Waals surface area contributed by atoms with Crippen molar-refractivity contribution in [2.45, 2.75) is 140 Å². The lowest BCUT2D eigenvalue weighted by molar-refractivity contribution is -0.155. The summed E-state index contributed by atoms with van der Waals surface area (Å²) in [6.07, 6.45) is 12.0. The summed E-state index contributed by atoms with van der Waals surface area (Å²) in [7, 11) is 0. The molecule has 0 fully saturated rings. The smallest absolute Gasteiger partial charge is 0.338 e. The predicted octanol–water partition coefficient (Wildman–Crippen LogP) is 18.6. The van der Waals surface area contributed by atoms with E-state index in [4.69, 9.17) is 42.6 Å². The Kier molecular flexibility index (Phi) is 35.0. The predicted molar refractivity (Wildman–Crippen MR) is 439 cm³/mol. The van der Waals surface area contributed by atoms with Crippen molar-refractivity contribution in [3.63, 3.8) is 0 Å². The first-order chi connectivity index (χ1) is 56.3. The molecule has 0 aromatic heterocycles. The molecule has 0 bridgehead atoms. The summed E-state index contributed by atoms with van der Waals surface area (Å²) in [6, 6.07) is 65.5. The Balaban J connectivity index is 1.11. The molecule has 0 saturated heterocycles. The number of esters is 9. The Morgan fingerprint density at radius 1 is 0.284 bits per heavy atom. The van der Waals surface area contributed by atoms with Gasteiger partial charge in [0.25, 0.3) is 0 Å². The summed E-state index contributed by atoms with van der Waals surface area (Å²) in [5.74, 6) is -9.56. The number of hydrogen-bond donors (Lipinski definition) is 0. The number of carbonyl (C=O) groups excluding carboxylic acids is 10. The Morgan fingerprint density at radius 3 is 0.922 bits per heavy atom. The highest BCUT2D eigenvalue weighted by atomic mass is 16.6. The summed E-state index contributed by atoms with van der Waals surface area (Å²) in [5.41, 5.74) is 1.49. The third-order valence-electron chi connectivity index (χ3n) is 19.3. The van der Waals surface area contributed by atoms with Crippen molar-refractivity contribution in [1.82, 2.24) is 0 Å².